The van der Waals surface area contributed by atoms with Gasteiger partial charge in [-0.1, -0.05) is 78.9 Å². The third kappa shape index (κ3) is 4.14. The highest BCUT2D eigenvalue weighted by Crippen LogP contribution is 2.53. The number of ether oxygens (including phenoxy) is 1. The summed E-state index contributed by atoms with van der Waals surface area (Å²) in [7, 11) is 1.62. The van der Waals surface area contributed by atoms with E-state index in [9.17, 15) is 14.3 Å². The monoisotopic (exact) mass is 518 g/mol. The zero-order valence-corrected chi connectivity index (χ0v) is 21.4. The van der Waals surface area contributed by atoms with E-state index in [0.29, 0.717) is 29.0 Å². The number of benzene rings is 4. The Kier molecular flexibility index (Phi) is 6.33. The lowest BCUT2D eigenvalue weighted by Gasteiger charge is -2.41. The Bertz CT molecular complexity index is 1550. The van der Waals surface area contributed by atoms with Crippen molar-refractivity contribution in [2.45, 2.75) is 18.4 Å². The van der Waals surface area contributed by atoms with Crippen molar-refractivity contribution in [3.63, 3.8) is 0 Å². The molecule has 4 aromatic carbocycles. The molecule has 4 aromatic rings. The molecule has 0 bridgehead atoms. The molecule has 1 aliphatic heterocycles. The number of hydrazone groups is 1. The van der Waals surface area contributed by atoms with Gasteiger partial charge in [0, 0.05) is 5.92 Å². The van der Waals surface area contributed by atoms with Crippen LogP contribution < -0.4 is 9.75 Å². The zero-order valence-electron chi connectivity index (χ0n) is 21.4. The Labute approximate surface area is 226 Å². The fourth-order valence-corrected chi connectivity index (χ4v) is 5.70. The molecule has 1 heterocycles. The van der Waals surface area contributed by atoms with Gasteiger partial charge < -0.3 is 9.84 Å². The van der Waals surface area contributed by atoms with Gasteiger partial charge >= 0.3 is 0 Å². The maximum absolute atomic E-state index is 14.6. The van der Waals surface area contributed by atoms with Gasteiger partial charge in [-0.25, -0.2) is 4.39 Å². The summed E-state index contributed by atoms with van der Waals surface area (Å²) in [5.41, 5.74) is 2.57. The average Bonchev–Trinajstić information content (AvgIpc) is 3.29. The molecule has 1 aliphatic carbocycles. The SMILES string of the molecule is COc1ccc([C@H]2C=C(c3ccccc3)[C@@]3(C(=O)N(c4ccccc4)N=C3c3ccc(F)cc3)[C@@H](O)C2)cc1. The fourth-order valence-electron chi connectivity index (χ4n) is 5.70. The number of nitrogens with zero attached hydrogens (tertiary/aromatic N) is 2. The first-order valence-corrected chi connectivity index (χ1v) is 12.9. The van der Waals surface area contributed by atoms with E-state index in [0.717, 1.165) is 16.9 Å². The van der Waals surface area contributed by atoms with Crippen molar-refractivity contribution in [3.8, 4) is 5.75 Å². The quantitative estimate of drug-likeness (QED) is 0.342. The van der Waals surface area contributed by atoms with Crippen molar-refractivity contribution in [1.29, 1.82) is 0 Å². The number of halogens is 1. The molecule has 6 heteroatoms. The van der Waals surface area contributed by atoms with Crippen molar-refractivity contribution in [2.24, 2.45) is 10.5 Å². The van der Waals surface area contributed by atoms with Gasteiger partial charge in [-0.2, -0.15) is 10.1 Å². The molecule has 1 N–H and O–H groups in total. The lowest BCUT2D eigenvalue weighted by atomic mass is 9.61. The number of rotatable bonds is 5. The van der Waals surface area contributed by atoms with Gasteiger partial charge in [-0.15, -0.1) is 0 Å². The summed E-state index contributed by atoms with van der Waals surface area (Å²) in [5, 5.41) is 18.3. The number of hydrogen-bond acceptors (Lipinski definition) is 4. The molecular weight excluding hydrogens is 491 g/mol. The Hall–Kier alpha value is -4.55. The molecule has 0 unspecified atom stereocenters. The Morgan fingerprint density at radius 3 is 2.15 bits per heavy atom. The number of aliphatic hydroxyl groups excluding tert-OH is 1. The van der Waals surface area contributed by atoms with Crippen LogP contribution in [0.3, 0.4) is 0 Å². The molecule has 0 aromatic heterocycles. The third-order valence-corrected chi connectivity index (χ3v) is 7.62. The van der Waals surface area contributed by atoms with Crippen LogP contribution >= 0.6 is 0 Å². The van der Waals surface area contributed by atoms with Gasteiger partial charge in [-0.05, 0) is 65.1 Å². The van der Waals surface area contributed by atoms with Crippen molar-refractivity contribution in [1.82, 2.24) is 0 Å². The topological polar surface area (TPSA) is 62.1 Å². The molecule has 1 amide bonds. The van der Waals surface area contributed by atoms with E-state index in [1.807, 2.05) is 84.9 Å². The normalized spacial score (nSPS) is 22.5. The molecule has 5 nitrogen and oxygen atoms in total. The average molecular weight is 519 g/mol. The number of anilines is 1. The van der Waals surface area contributed by atoms with E-state index < -0.39 is 11.5 Å². The van der Waals surface area contributed by atoms with Crippen molar-refractivity contribution in [3.05, 3.63) is 138 Å². The highest BCUT2D eigenvalue weighted by atomic mass is 19.1. The number of aliphatic hydroxyl groups is 1. The van der Waals surface area contributed by atoms with E-state index >= 15 is 0 Å². The van der Waals surface area contributed by atoms with Gasteiger partial charge in [0.15, 0.2) is 0 Å². The molecule has 3 atom stereocenters. The minimum atomic E-state index is -1.49. The lowest BCUT2D eigenvalue weighted by Crippen LogP contribution is -2.52. The van der Waals surface area contributed by atoms with Crippen LogP contribution in [-0.2, 0) is 4.79 Å². The van der Waals surface area contributed by atoms with Gasteiger partial charge in [0.2, 0.25) is 0 Å². The Balaban J connectivity index is 1.58. The van der Waals surface area contributed by atoms with Crippen LogP contribution in [0.5, 0.6) is 5.75 Å². The van der Waals surface area contributed by atoms with E-state index in [2.05, 4.69) is 6.08 Å². The number of para-hydroxylation sites is 1. The van der Waals surface area contributed by atoms with Crippen LogP contribution in [0.15, 0.2) is 120 Å². The second-order valence-electron chi connectivity index (χ2n) is 9.79. The van der Waals surface area contributed by atoms with Crippen molar-refractivity contribution < 1.29 is 19.0 Å². The van der Waals surface area contributed by atoms with Crippen LogP contribution in [0.2, 0.25) is 0 Å². The molecule has 39 heavy (non-hydrogen) atoms. The zero-order chi connectivity index (χ0) is 27.0. The summed E-state index contributed by atoms with van der Waals surface area (Å²) in [6.07, 6.45) is 1.28. The molecule has 0 fully saturated rings. The standard InChI is InChI=1S/C33H27FN2O3/c1-39-28-18-14-22(15-19-28)25-20-29(23-8-4-2-5-9-23)33(30(37)21-25)31(24-12-16-26(34)17-13-24)35-36(32(33)38)27-10-6-3-7-11-27/h2-20,25,30,37H,21H2,1H3/t25-,30-,33+/m0/s1. The number of hydrogen-bond donors (Lipinski definition) is 1. The van der Waals surface area contributed by atoms with Crippen LogP contribution in [0.25, 0.3) is 5.57 Å². The maximum Gasteiger partial charge on any atom is 0.266 e. The van der Waals surface area contributed by atoms with Crippen LogP contribution in [0.4, 0.5) is 10.1 Å². The Morgan fingerprint density at radius 1 is 0.872 bits per heavy atom. The number of amides is 1. The summed E-state index contributed by atoms with van der Waals surface area (Å²) >= 11 is 0. The summed E-state index contributed by atoms with van der Waals surface area (Å²) in [6, 6.07) is 32.5. The molecule has 2 aliphatic rings. The molecule has 0 saturated carbocycles. The molecule has 0 radical (unpaired) electrons. The predicted molar refractivity (Wildman–Crippen MR) is 150 cm³/mol. The van der Waals surface area contributed by atoms with Gasteiger partial charge in [0.1, 0.15) is 17.0 Å². The van der Waals surface area contributed by atoms with Gasteiger partial charge in [-0.3, -0.25) is 4.79 Å². The second kappa shape index (κ2) is 9.97. The minimum absolute atomic E-state index is 0.153. The highest BCUT2D eigenvalue weighted by molar-refractivity contribution is 6.32. The number of allylic oxidation sites excluding steroid dienone is 1. The van der Waals surface area contributed by atoms with E-state index in [4.69, 9.17) is 9.84 Å². The Morgan fingerprint density at radius 2 is 1.51 bits per heavy atom. The van der Waals surface area contributed by atoms with Crippen LogP contribution in [0.1, 0.15) is 29.0 Å². The predicted octanol–water partition coefficient (Wildman–Crippen LogP) is 6.20. The maximum atomic E-state index is 14.6. The number of methoxy groups -OCH3 is 1. The smallest absolute Gasteiger partial charge is 0.266 e. The summed E-state index contributed by atoms with van der Waals surface area (Å²) < 4.78 is 19.3. The first kappa shape index (κ1) is 24.8. The van der Waals surface area contributed by atoms with E-state index in [-0.39, 0.29) is 17.6 Å². The van der Waals surface area contributed by atoms with Crippen LogP contribution in [0, 0.1) is 11.2 Å². The second-order valence-corrected chi connectivity index (χ2v) is 9.79. The molecule has 0 saturated heterocycles. The van der Waals surface area contributed by atoms with E-state index in [1.165, 1.54) is 17.1 Å². The molecule has 6 rings (SSSR count). The van der Waals surface area contributed by atoms with Gasteiger partial charge in [0.25, 0.3) is 5.91 Å². The third-order valence-electron chi connectivity index (χ3n) is 7.62. The summed E-state index contributed by atoms with van der Waals surface area (Å²) in [5.74, 6) is -0.141. The fraction of sp³-hybridized carbons (Fsp3) is 0.152. The first-order chi connectivity index (χ1) is 19.0. The summed E-state index contributed by atoms with van der Waals surface area (Å²) in [6.45, 7) is 0. The van der Waals surface area contributed by atoms with Crippen molar-refractivity contribution >= 4 is 22.9 Å². The lowest BCUT2D eigenvalue weighted by molar-refractivity contribution is -0.125. The first-order valence-electron chi connectivity index (χ1n) is 12.9. The van der Waals surface area contributed by atoms with Crippen LogP contribution in [-0.4, -0.2) is 29.9 Å². The van der Waals surface area contributed by atoms with E-state index in [1.54, 1.807) is 19.2 Å². The summed E-state index contributed by atoms with van der Waals surface area (Å²) in [4.78, 5) is 14.6. The molecule has 194 valence electrons. The largest absolute Gasteiger partial charge is 0.497 e. The van der Waals surface area contributed by atoms with Gasteiger partial charge in [0.05, 0.1) is 24.6 Å². The molecule has 1 spiro atoms. The molecular formula is C33H27FN2O3. The highest BCUT2D eigenvalue weighted by Gasteiger charge is 2.61. The van der Waals surface area contributed by atoms with Crippen molar-refractivity contribution in [2.75, 3.05) is 12.1 Å². The number of carbonyl (C=O) groups is 1. The minimum Gasteiger partial charge on any atom is -0.497 e. The number of carbonyl (C=O) groups excluding carboxylic acids is 1.